The van der Waals surface area contributed by atoms with Gasteiger partial charge in [-0.3, -0.25) is 9.78 Å². The Kier molecular flexibility index (Phi) is 6.93. The number of amides is 1. The van der Waals surface area contributed by atoms with E-state index in [0.29, 0.717) is 5.56 Å². The quantitative estimate of drug-likeness (QED) is 0.757. The van der Waals surface area contributed by atoms with Crippen molar-refractivity contribution in [3.05, 3.63) is 24.0 Å². The van der Waals surface area contributed by atoms with Gasteiger partial charge in [-0.1, -0.05) is 27.2 Å². The van der Waals surface area contributed by atoms with Crippen molar-refractivity contribution in [2.24, 2.45) is 0 Å². The van der Waals surface area contributed by atoms with Crippen LogP contribution in [0.1, 0.15) is 56.8 Å². The molecule has 0 fully saturated rings. The van der Waals surface area contributed by atoms with Crippen LogP contribution in [0.25, 0.3) is 0 Å². The molecule has 4 nitrogen and oxygen atoms in total. The van der Waals surface area contributed by atoms with E-state index < -0.39 is 0 Å². The minimum atomic E-state index is -0.0127. The first-order valence-electron chi connectivity index (χ1n) is 7.21. The van der Waals surface area contributed by atoms with E-state index in [1.165, 1.54) is 0 Å². The number of hydrogen-bond acceptors (Lipinski definition) is 3. The minimum absolute atomic E-state index is 0.0127. The van der Waals surface area contributed by atoms with E-state index in [0.717, 1.165) is 37.9 Å². The average molecular weight is 263 g/mol. The molecule has 106 valence electrons. The van der Waals surface area contributed by atoms with Crippen LogP contribution in [0.3, 0.4) is 0 Å². The van der Waals surface area contributed by atoms with E-state index in [9.17, 15) is 4.79 Å². The molecule has 1 atom stereocenters. The summed E-state index contributed by atoms with van der Waals surface area (Å²) in [6.45, 7) is 7.18. The number of carbonyl (C=O) groups is 1. The zero-order chi connectivity index (χ0) is 14.1. The molecular weight excluding hydrogens is 238 g/mol. The van der Waals surface area contributed by atoms with Gasteiger partial charge in [-0.25, -0.2) is 0 Å². The molecule has 0 bridgehead atoms. The number of aromatic nitrogens is 1. The van der Waals surface area contributed by atoms with Crippen LogP contribution >= 0.6 is 0 Å². The van der Waals surface area contributed by atoms with Crippen molar-refractivity contribution in [2.45, 2.75) is 52.5 Å². The number of carbonyl (C=O) groups excluding carboxylic acids is 1. The van der Waals surface area contributed by atoms with Crippen LogP contribution in [0.4, 0.5) is 5.69 Å². The predicted molar refractivity (Wildman–Crippen MR) is 79.5 cm³/mol. The van der Waals surface area contributed by atoms with E-state index in [-0.39, 0.29) is 11.9 Å². The summed E-state index contributed by atoms with van der Waals surface area (Å²) in [6, 6.07) is 2.02. The molecule has 4 heteroatoms. The summed E-state index contributed by atoms with van der Waals surface area (Å²) in [5, 5.41) is 6.34. The van der Waals surface area contributed by atoms with Crippen LogP contribution in [0.5, 0.6) is 0 Å². The Bertz CT molecular complexity index is 393. The molecular formula is C15H25N3O. The molecule has 1 amide bonds. The maximum Gasteiger partial charge on any atom is 0.253 e. The maximum atomic E-state index is 12.3. The second kappa shape index (κ2) is 8.51. The highest BCUT2D eigenvalue weighted by atomic mass is 16.1. The van der Waals surface area contributed by atoms with E-state index in [1.807, 2.05) is 0 Å². The van der Waals surface area contributed by atoms with Gasteiger partial charge in [-0.15, -0.1) is 0 Å². The Hall–Kier alpha value is -1.58. The van der Waals surface area contributed by atoms with Crippen LogP contribution in [0, 0.1) is 0 Å². The summed E-state index contributed by atoms with van der Waals surface area (Å²) >= 11 is 0. The Balaban J connectivity index is 2.75. The van der Waals surface area contributed by atoms with Crippen molar-refractivity contribution in [3.8, 4) is 0 Å². The van der Waals surface area contributed by atoms with Gasteiger partial charge in [0.15, 0.2) is 0 Å². The van der Waals surface area contributed by atoms with E-state index >= 15 is 0 Å². The summed E-state index contributed by atoms with van der Waals surface area (Å²) < 4.78 is 0. The maximum absolute atomic E-state index is 12.3. The highest BCUT2D eigenvalue weighted by Crippen LogP contribution is 2.14. The SMILES string of the molecule is CCCNc1cnccc1C(=O)NC(CC)CCC. The van der Waals surface area contributed by atoms with Crippen molar-refractivity contribution in [3.63, 3.8) is 0 Å². The number of anilines is 1. The van der Waals surface area contributed by atoms with Gasteiger partial charge >= 0.3 is 0 Å². The third kappa shape index (κ3) is 4.89. The highest BCUT2D eigenvalue weighted by molar-refractivity contribution is 5.99. The van der Waals surface area contributed by atoms with Crippen molar-refractivity contribution in [1.29, 1.82) is 0 Å². The van der Waals surface area contributed by atoms with Gasteiger partial charge in [0.25, 0.3) is 5.91 Å². The summed E-state index contributed by atoms with van der Waals surface area (Å²) in [5.41, 5.74) is 1.49. The summed E-state index contributed by atoms with van der Waals surface area (Å²) in [7, 11) is 0. The van der Waals surface area contributed by atoms with E-state index in [2.05, 4.69) is 36.4 Å². The predicted octanol–water partition coefficient (Wildman–Crippen LogP) is 3.21. The van der Waals surface area contributed by atoms with Gasteiger partial charge in [0.2, 0.25) is 0 Å². The van der Waals surface area contributed by atoms with Gasteiger partial charge in [0, 0.05) is 18.8 Å². The Labute approximate surface area is 116 Å². The monoisotopic (exact) mass is 263 g/mol. The van der Waals surface area contributed by atoms with Crippen molar-refractivity contribution >= 4 is 11.6 Å². The first-order chi connectivity index (χ1) is 9.22. The standard InChI is InChI=1S/C15H25N3O/c1-4-7-12(6-3)18-15(19)13-8-10-16-11-14(13)17-9-5-2/h8,10-12,17H,4-7,9H2,1-3H3,(H,18,19). The van der Waals surface area contributed by atoms with Crippen LogP contribution in [0.15, 0.2) is 18.5 Å². The zero-order valence-electron chi connectivity index (χ0n) is 12.2. The smallest absolute Gasteiger partial charge is 0.253 e. The lowest BCUT2D eigenvalue weighted by Crippen LogP contribution is -2.34. The van der Waals surface area contributed by atoms with Crippen LogP contribution in [0.2, 0.25) is 0 Å². The molecule has 0 aliphatic rings. The van der Waals surface area contributed by atoms with Gasteiger partial charge in [0.05, 0.1) is 17.4 Å². The Morgan fingerprint density at radius 2 is 2.11 bits per heavy atom. The molecule has 1 aromatic rings. The molecule has 0 spiro atoms. The Morgan fingerprint density at radius 1 is 1.32 bits per heavy atom. The normalized spacial score (nSPS) is 11.9. The fourth-order valence-electron chi connectivity index (χ4n) is 1.98. The fourth-order valence-corrected chi connectivity index (χ4v) is 1.98. The number of nitrogens with zero attached hydrogens (tertiary/aromatic N) is 1. The third-order valence-electron chi connectivity index (χ3n) is 3.10. The number of hydrogen-bond donors (Lipinski definition) is 2. The lowest BCUT2D eigenvalue weighted by molar-refractivity contribution is 0.0934. The summed E-state index contributed by atoms with van der Waals surface area (Å²) in [6.07, 6.45) is 7.45. The zero-order valence-corrected chi connectivity index (χ0v) is 12.2. The Morgan fingerprint density at radius 3 is 2.74 bits per heavy atom. The van der Waals surface area contributed by atoms with E-state index in [4.69, 9.17) is 0 Å². The van der Waals surface area contributed by atoms with Gasteiger partial charge in [-0.2, -0.15) is 0 Å². The average Bonchev–Trinajstić information content (AvgIpc) is 2.44. The van der Waals surface area contributed by atoms with Crippen LogP contribution in [-0.4, -0.2) is 23.5 Å². The second-order valence-corrected chi connectivity index (χ2v) is 4.72. The first-order valence-corrected chi connectivity index (χ1v) is 7.21. The minimum Gasteiger partial charge on any atom is -0.383 e. The van der Waals surface area contributed by atoms with Crippen molar-refractivity contribution in [1.82, 2.24) is 10.3 Å². The number of rotatable bonds is 8. The molecule has 0 saturated heterocycles. The largest absolute Gasteiger partial charge is 0.383 e. The molecule has 0 aromatic carbocycles. The highest BCUT2D eigenvalue weighted by Gasteiger charge is 2.14. The summed E-state index contributed by atoms with van der Waals surface area (Å²) in [4.78, 5) is 16.4. The lowest BCUT2D eigenvalue weighted by atomic mass is 10.1. The van der Waals surface area contributed by atoms with Crippen molar-refractivity contribution < 1.29 is 4.79 Å². The molecule has 0 saturated carbocycles. The fraction of sp³-hybridized carbons (Fsp3) is 0.600. The molecule has 0 radical (unpaired) electrons. The first kappa shape index (κ1) is 15.5. The second-order valence-electron chi connectivity index (χ2n) is 4.72. The molecule has 19 heavy (non-hydrogen) atoms. The van der Waals surface area contributed by atoms with Gasteiger partial charge in [0.1, 0.15) is 0 Å². The molecule has 2 N–H and O–H groups in total. The number of pyridine rings is 1. The van der Waals surface area contributed by atoms with Gasteiger partial charge < -0.3 is 10.6 Å². The molecule has 0 aliphatic carbocycles. The molecule has 0 aliphatic heterocycles. The van der Waals surface area contributed by atoms with Gasteiger partial charge in [-0.05, 0) is 25.3 Å². The third-order valence-corrected chi connectivity index (χ3v) is 3.10. The molecule has 1 heterocycles. The van der Waals surface area contributed by atoms with Crippen molar-refractivity contribution in [2.75, 3.05) is 11.9 Å². The molecule has 1 aromatic heterocycles. The lowest BCUT2D eigenvalue weighted by Gasteiger charge is -2.17. The van der Waals surface area contributed by atoms with Crippen LogP contribution in [-0.2, 0) is 0 Å². The topological polar surface area (TPSA) is 54.0 Å². The number of nitrogens with one attached hydrogen (secondary N) is 2. The molecule has 1 unspecified atom stereocenters. The molecule has 1 rings (SSSR count). The van der Waals surface area contributed by atoms with E-state index in [1.54, 1.807) is 18.5 Å². The summed E-state index contributed by atoms with van der Waals surface area (Å²) in [5.74, 6) is -0.0127. The van der Waals surface area contributed by atoms with Crippen LogP contribution < -0.4 is 10.6 Å².